The number of carboxylic acid groups (broad SMARTS) is 1. The van der Waals surface area contributed by atoms with Crippen molar-refractivity contribution in [2.45, 2.75) is 424 Å². The summed E-state index contributed by atoms with van der Waals surface area (Å²) in [6.07, 6.45) is 99.7. The molecule has 0 aliphatic heterocycles. The van der Waals surface area contributed by atoms with Crippen molar-refractivity contribution in [1.82, 2.24) is 0 Å². The maximum Gasteiger partial charge on any atom is 0.361 e. The molecule has 0 radical (unpaired) electrons. The summed E-state index contributed by atoms with van der Waals surface area (Å²) in [6.45, 7) is 4.84. The monoisotopic (exact) mass is 1340 g/mol. The van der Waals surface area contributed by atoms with Crippen LogP contribution < -0.4 is 0 Å². The topological polar surface area (TPSA) is 108 Å². The Kier molecular flexibility index (Phi) is 74.3. The standard InChI is InChI=1S/C86H159NO8/c1-6-8-10-12-14-16-18-20-22-24-26-28-30-32-34-36-38-40-41-42-43-45-47-49-51-53-55-57-59-61-63-65-67-69-71-73-75-77-84(89)95-82(81-94-86(85(90)91)92-79-78-87(3,4)5)80-93-83(88)76-74-72-70-68-66-64-62-60-58-56-54-52-50-48-46-44-39-37-35-33-31-29-27-25-23-21-19-17-15-13-11-9-7-2/h8,10,14,16,20,22,25-28,82,86H,6-7,9,11-13,15,17-19,21,23-24,29-81H2,1-5H3/p+1/b10-8-,16-14-,22-20-,27-25-,28-26-. The van der Waals surface area contributed by atoms with Gasteiger partial charge in [0.25, 0.3) is 6.29 Å². The Labute approximate surface area is 590 Å². The normalized spacial score (nSPS) is 12.9. The second-order valence-corrected chi connectivity index (χ2v) is 29.4. The van der Waals surface area contributed by atoms with E-state index in [4.69, 9.17) is 18.9 Å². The number of carboxylic acids is 1. The van der Waals surface area contributed by atoms with E-state index < -0.39 is 18.4 Å². The van der Waals surface area contributed by atoms with Crippen molar-refractivity contribution in [3.05, 3.63) is 60.8 Å². The number of allylic oxidation sites excluding steroid dienone is 10. The molecule has 2 unspecified atom stereocenters. The van der Waals surface area contributed by atoms with Crippen molar-refractivity contribution in [2.75, 3.05) is 47.5 Å². The van der Waals surface area contributed by atoms with Gasteiger partial charge in [0.05, 0.1) is 34.4 Å². The number of ether oxygens (including phenoxy) is 4. The smallest absolute Gasteiger partial charge is 0.361 e. The highest BCUT2D eigenvalue weighted by Crippen LogP contribution is 2.20. The number of nitrogens with zero attached hydrogens (tertiary/aromatic N) is 1. The lowest BCUT2D eigenvalue weighted by Crippen LogP contribution is -2.40. The molecular formula is C86H160NO8+. The molecule has 9 nitrogen and oxygen atoms in total. The highest BCUT2D eigenvalue weighted by atomic mass is 16.7. The molecule has 0 aromatic carbocycles. The second kappa shape index (κ2) is 76.7. The molecule has 0 rings (SSSR count). The van der Waals surface area contributed by atoms with Gasteiger partial charge in [-0.15, -0.1) is 0 Å². The van der Waals surface area contributed by atoms with Crippen molar-refractivity contribution in [3.8, 4) is 0 Å². The third kappa shape index (κ3) is 78.2. The van der Waals surface area contributed by atoms with E-state index in [1.807, 2.05) is 21.1 Å². The molecule has 95 heavy (non-hydrogen) atoms. The van der Waals surface area contributed by atoms with Crippen LogP contribution in [0.15, 0.2) is 60.8 Å². The van der Waals surface area contributed by atoms with Crippen molar-refractivity contribution in [2.24, 2.45) is 0 Å². The number of hydrogen-bond donors (Lipinski definition) is 1. The Bertz CT molecular complexity index is 1750. The Balaban J connectivity index is 3.95. The van der Waals surface area contributed by atoms with E-state index in [9.17, 15) is 19.5 Å². The Morgan fingerprint density at radius 3 is 0.905 bits per heavy atom. The summed E-state index contributed by atoms with van der Waals surface area (Å²) >= 11 is 0. The van der Waals surface area contributed by atoms with Crippen LogP contribution in [0.1, 0.15) is 412 Å². The third-order valence-electron chi connectivity index (χ3n) is 18.8. The van der Waals surface area contributed by atoms with E-state index >= 15 is 0 Å². The van der Waals surface area contributed by atoms with Crippen molar-refractivity contribution in [3.63, 3.8) is 0 Å². The molecule has 0 amide bonds. The minimum Gasteiger partial charge on any atom is -0.477 e. The van der Waals surface area contributed by atoms with E-state index in [2.05, 4.69) is 74.6 Å². The molecule has 0 heterocycles. The summed E-state index contributed by atoms with van der Waals surface area (Å²) in [5.74, 6) is -1.97. The SMILES string of the molecule is CC/C=C\C/C=C\C/C=C\C/C=C\CCCCCCCCCCCCCCCCCCCCCCCCCCC(=O)OC(COC(=O)CCCCCCCCCCCCCCCCCCCCCCC/C=C\CCCCCCCCCC)COC(OCC[N+](C)(C)C)C(=O)O. The molecule has 556 valence electrons. The first-order valence-corrected chi connectivity index (χ1v) is 41.5. The number of esters is 2. The highest BCUT2D eigenvalue weighted by Gasteiger charge is 2.25. The minimum absolute atomic E-state index is 0.176. The first kappa shape index (κ1) is 92.0. The molecular weight excluding hydrogens is 1170 g/mol. The molecule has 2 atom stereocenters. The van der Waals surface area contributed by atoms with Crippen LogP contribution in [0.2, 0.25) is 0 Å². The number of rotatable bonds is 78. The molecule has 1 N–H and O–H groups in total. The van der Waals surface area contributed by atoms with Crippen LogP contribution in [-0.2, 0) is 33.3 Å². The summed E-state index contributed by atoms with van der Waals surface area (Å²) in [5.41, 5.74) is 0. The van der Waals surface area contributed by atoms with Gasteiger partial charge < -0.3 is 28.5 Å². The lowest BCUT2D eigenvalue weighted by molar-refractivity contribution is -0.870. The highest BCUT2D eigenvalue weighted by molar-refractivity contribution is 5.71. The molecule has 9 heteroatoms. The zero-order valence-corrected chi connectivity index (χ0v) is 63.8. The van der Waals surface area contributed by atoms with Crippen LogP contribution in [0, 0.1) is 0 Å². The van der Waals surface area contributed by atoms with Crippen LogP contribution in [0.25, 0.3) is 0 Å². The summed E-state index contributed by atoms with van der Waals surface area (Å²) in [7, 11) is 6.00. The lowest BCUT2D eigenvalue weighted by Gasteiger charge is -2.25. The summed E-state index contributed by atoms with van der Waals surface area (Å²) < 4.78 is 23.1. The largest absolute Gasteiger partial charge is 0.477 e. The van der Waals surface area contributed by atoms with Gasteiger partial charge in [-0.25, -0.2) is 4.79 Å². The van der Waals surface area contributed by atoms with Crippen molar-refractivity contribution in [1.29, 1.82) is 0 Å². The molecule has 0 aromatic heterocycles. The van der Waals surface area contributed by atoms with Gasteiger partial charge in [0.2, 0.25) is 0 Å². The zero-order valence-electron chi connectivity index (χ0n) is 63.8. The van der Waals surface area contributed by atoms with E-state index in [0.717, 1.165) is 64.2 Å². The van der Waals surface area contributed by atoms with Gasteiger partial charge >= 0.3 is 17.9 Å². The van der Waals surface area contributed by atoms with Gasteiger partial charge in [0.1, 0.15) is 13.2 Å². The van der Waals surface area contributed by atoms with E-state index in [0.29, 0.717) is 17.4 Å². The van der Waals surface area contributed by atoms with Gasteiger partial charge in [0.15, 0.2) is 6.10 Å². The number of likely N-dealkylation sites (N-methyl/N-ethyl adjacent to an activating group) is 1. The van der Waals surface area contributed by atoms with Crippen LogP contribution in [-0.4, -0.2) is 87.4 Å². The summed E-state index contributed by atoms with van der Waals surface area (Å²) in [6, 6.07) is 0. The van der Waals surface area contributed by atoms with Crippen LogP contribution in [0.5, 0.6) is 0 Å². The van der Waals surface area contributed by atoms with Gasteiger partial charge in [0, 0.05) is 12.8 Å². The van der Waals surface area contributed by atoms with Crippen LogP contribution in [0.4, 0.5) is 0 Å². The fourth-order valence-electron chi connectivity index (χ4n) is 12.5. The fourth-order valence-corrected chi connectivity index (χ4v) is 12.5. The van der Waals surface area contributed by atoms with Gasteiger partial charge in [-0.3, -0.25) is 9.59 Å². The molecule has 0 aliphatic rings. The fraction of sp³-hybridized carbons (Fsp3) is 0.849. The maximum atomic E-state index is 13.0. The average molecular weight is 1340 g/mol. The van der Waals surface area contributed by atoms with E-state index in [1.165, 1.54) is 321 Å². The number of aliphatic carboxylic acids is 1. The predicted molar refractivity (Wildman–Crippen MR) is 410 cm³/mol. The lowest BCUT2D eigenvalue weighted by atomic mass is 10.0. The molecule has 0 aromatic rings. The van der Waals surface area contributed by atoms with Gasteiger partial charge in [-0.1, -0.05) is 383 Å². The first-order chi connectivity index (χ1) is 46.6. The number of carbonyl (C=O) groups is 3. The van der Waals surface area contributed by atoms with Gasteiger partial charge in [-0.2, -0.15) is 0 Å². The summed E-state index contributed by atoms with van der Waals surface area (Å²) in [5, 5.41) is 9.78. The van der Waals surface area contributed by atoms with Crippen molar-refractivity contribution < 1.29 is 42.9 Å². The maximum absolute atomic E-state index is 13.0. The molecule has 0 spiro atoms. The molecule has 0 aliphatic carbocycles. The quantitative estimate of drug-likeness (QED) is 0.0211. The third-order valence-corrected chi connectivity index (χ3v) is 18.8. The molecule has 0 saturated carbocycles. The number of quaternary nitrogens is 1. The number of unbranched alkanes of at least 4 members (excludes halogenated alkanes) is 53. The predicted octanol–water partition coefficient (Wildman–Crippen LogP) is 26.6. The Morgan fingerprint density at radius 2 is 0.600 bits per heavy atom. The van der Waals surface area contributed by atoms with Crippen LogP contribution >= 0.6 is 0 Å². The Hall–Kier alpha value is -3.01. The Morgan fingerprint density at radius 1 is 0.326 bits per heavy atom. The van der Waals surface area contributed by atoms with E-state index in [-0.39, 0.29) is 38.2 Å². The molecule has 0 fully saturated rings. The summed E-state index contributed by atoms with van der Waals surface area (Å²) in [4.78, 5) is 37.8. The second-order valence-electron chi connectivity index (χ2n) is 29.4. The first-order valence-electron chi connectivity index (χ1n) is 41.5. The minimum atomic E-state index is -1.51. The van der Waals surface area contributed by atoms with Crippen molar-refractivity contribution >= 4 is 17.9 Å². The number of carbonyl (C=O) groups excluding carboxylic acids is 2. The molecule has 0 saturated heterocycles. The van der Waals surface area contributed by atoms with Crippen LogP contribution in [0.3, 0.4) is 0 Å². The number of hydrogen-bond acceptors (Lipinski definition) is 7. The zero-order chi connectivity index (χ0) is 69.0. The van der Waals surface area contributed by atoms with E-state index in [1.54, 1.807) is 0 Å². The van der Waals surface area contributed by atoms with Gasteiger partial charge in [-0.05, 0) is 77.0 Å². The molecule has 0 bridgehead atoms. The average Bonchev–Trinajstić information content (AvgIpc) is 3.75.